The van der Waals surface area contributed by atoms with Crippen LogP contribution in [-0.4, -0.2) is 37.1 Å². The quantitative estimate of drug-likeness (QED) is 0.872. The summed E-state index contributed by atoms with van der Waals surface area (Å²) in [5.74, 6) is 1.13. The van der Waals surface area contributed by atoms with Crippen LogP contribution in [0.2, 0.25) is 0 Å². The van der Waals surface area contributed by atoms with Crippen molar-refractivity contribution in [3.05, 3.63) is 10.6 Å². The lowest BCUT2D eigenvalue weighted by Gasteiger charge is -2.23. The Labute approximate surface area is 126 Å². The molecule has 0 radical (unpaired) electrons. The SMILES string of the molecule is CNCc1sc(N(C)C(C)CSC)nc1C(C)(C)C. The van der Waals surface area contributed by atoms with Gasteiger partial charge < -0.3 is 10.2 Å². The molecular formula is C14H27N3S2. The van der Waals surface area contributed by atoms with Gasteiger partial charge in [0.2, 0.25) is 0 Å². The normalized spacial score (nSPS) is 13.6. The maximum atomic E-state index is 4.90. The monoisotopic (exact) mass is 301 g/mol. The highest BCUT2D eigenvalue weighted by Crippen LogP contribution is 2.34. The number of aromatic nitrogens is 1. The van der Waals surface area contributed by atoms with Gasteiger partial charge in [-0.2, -0.15) is 11.8 Å². The first-order valence-corrected chi connectivity index (χ1v) is 8.88. The molecule has 1 atom stereocenters. The second kappa shape index (κ2) is 6.95. The molecule has 0 fully saturated rings. The van der Waals surface area contributed by atoms with E-state index in [1.54, 1.807) is 0 Å². The highest BCUT2D eigenvalue weighted by atomic mass is 32.2. The Morgan fingerprint density at radius 3 is 2.53 bits per heavy atom. The number of hydrogen-bond donors (Lipinski definition) is 1. The van der Waals surface area contributed by atoms with Crippen LogP contribution in [0.3, 0.4) is 0 Å². The Morgan fingerprint density at radius 2 is 2.05 bits per heavy atom. The molecule has 0 aromatic carbocycles. The molecule has 0 spiro atoms. The Bertz CT molecular complexity index is 396. The van der Waals surface area contributed by atoms with Gasteiger partial charge in [-0.15, -0.1) is 11.3 Å². The van der Waals surface area contributed by atoms with Crippen LogP contribution in [0.1, 0.15) is 38.3 Å². The first-order chi connectivity index (χ1) is 8.81. The van der Waals surface area contributed by atoms with Gasteiger partial charge in [0, 0.05) is 35.7 Å². The molecule has 1 rings (SSSR count). The van der Waals surface area contributed by atoms with Gasteiger partial charge in [-0.05, 0) is 20.2 Å². The third-order valence-electron chi connectivity index (χ3n) is 3.10. The van der Waals surface area contributed by atoms with Crippen LogP contribution in [0, 0.1) is 0 Å². The van der Waals surface area contributed by atoms with Gasteiger partial charge in [-0.3, -0.25) is 0 Å². The number of nitrogens with zero attached hydrogens (tertiary/aromatic N) is 2. The van der Waals surface area contributed by atoms with E-state index in [0.29, 0.717) is 6.04 Å². The van der Waals surface area contributed by atoms with Crippen LogP contribution in [0.5, 0.6) is 0 Å². The van der Waals surface area contributed by atoms with Crippen molar-refractivity contribution in [2.75, 3.05) is 31.0 Å². The van der Waals surface area contributed by atoms with Crippen molar-refractivity contribution >= 4 is 28.2 Å². The van der Waals surface area contributed by atoms with Crippen LogP contribution < -0.4 is 10.2 Å². The zero-order chi connectivity index (χ0) is 14.6. The third-order valence-corrected chi connectivity index (χ3v) is 5.07. The van der Waals surface area contributed by atoms with Crippen molar-refractivity contribution in [1.82, 2.24) is 10.3 Å². The van der Waals surface area contributed by atoms with E-state index in [0.717, 1.165) is 17.4 Å². The van der Waals surface area contributed by atoms with Gasteiger partial charge in [0.15, 0.2) is 5.13 Å². The molecule has 1 heterocycles. The van der Waals surface area contributed by atoms with Gasteiger partial charge in [0.1, 0.15) is 0 Å². The first-order valence-electron chi connectivity index (χ1n) is 6.67. The summed E-state index contributed by atoms with van der Waals surface area (Å²) in [6.45, 7) is 9.85. The van der Waals surface area contributed by atoms with Crippen molar-refractivity contribution < 1.29 is 0 Å². The van der Waals surface area contributed by atoms with Gasteiger partial charge in [-0.1, -0.05) is 20.8 Å². The predicted molar refractivity (Wildman–Crippen MR) is 89.8 cm³/mol. The Morgan fingerprint density at radius 1 is 1.42 bits per heavy atom. The summed E-state index contributed by atoms with van der Waals surface area (Å²) in [7, 11) is 4.14. The lowest BCUT2D eigenvalue weighted by atomic mass is 9.91. The van der Waals surface area contributed by atoms with Crippen molar-refractivity contribution in [2.24, 2.45) is 0 Å². The minimum atomic E-state index is 0.102. The van der Waals surface area contributed by atoms with Gasteiger partial charge in [0.05, 0.1) is 5.69 Å². The largest absolute Gasteiger partial charge is 0.348 e. The average molecular weight is 302 g/mol. The summed E-state index contributed by atoms with van der Waals surface area (Å²) < 4.78 is 0. The van der Waals surface area contributed by atoms with Crippen LogP contribution >= 0.6 is 23.1 Å². The molecule has 19 heavy (non-hydrogen) atoms. The summed E-state index contributed by atoms with van der Waals surface area (Å²) >= 11 is 3.70. The number of thiazole rings is 1. The number of thioether (sulfide) groups is 1. The van der Waals surface area contributed by atoms with E-state index in [1.807, 2.05) is 30.1 Å². The summed E-state index contributed by atoms with van der Waals surface area (Å²) in [6, 6.07) is 0.511. The van der Waals surface area contributed by atoms with E-state index in [-0.39, 0.29) is 5.41 Å². The molecule has 5 heteroatoms. The van der Waals surface area contributed by atoms with E-state index < -0.39 is 0 Å². The van der Waals surface area contributed by atoms with Crippen LogP contribution in [-0.2, 0) is 12.0 Å². The molecule has 3 nitrogen and oxygen atoms in total. The molecule has 0 amide bonds. The van der Waals surface area contributed by atoms with Gasteiger partial charge in [-0.25, -0.2) is 4.98 Å². The standard InChI is InChI=1S/C14H27N3S2/c1-10(9-18-7)17(6)13-16-12(14(2,3)4)11(19-13)8-15-5/h10,15H,8-9H2,1-7H3. The molecular weight excluding hydrogens is 274 g/mol. The maximum absolute atomic E-state index is 4.90. The lowest BCUT2D eigenvalue weighted by Crippen LogP contribution is -2.30. The summed E-state index contributed by atoms with van der Waals surface area (Å²) in [6.07, 6.45) is 2.15. The second-order valence-electron chi connectivity index (χ2n) is 5.96. The van der Waals surface area contributed by atoms with E-state index in [1.165, 1.54) is 10.6 Å². The van der Waals surface area contributed by atoms with Crippen molar-refractivity contribution in [3.8, 4) is 0 Å². The highest BCUT2D eigenvalue weighted by molar-refractivity contribution is 7.98. The van der Waals surface area contributed by atoms with E-state index in [4.69, 9.17) is 4.98 Å². The van der Waals surface area contributed by atoms with E-state index in [2.05, 4.69) is 51.2 Å². The molecule has 0 saturated heterocycles. The van der Waals surface area contributed by atoms with Crippen LogP contribution in [0.25, 0.3) is 0 Å². The Balaban J connectivity index is 3.03. The summed E-state index contributed by atoms with van der Waals surface area (Å²) in [5, 5.41) is 4.39. The lowest BCUT2D eigenvalue weighted by molar-refractivity contribution is 0.562. The Kier molecular flexibility index (Phi) is 6.15. The fourth-order valence-corrected chi connectivity index (χ4v) is 3.95. The van der Waals surface area contributed by atoms with E-state index in [9.17, 15) is 0 Å². The topological polar surface area (TPSA) is 28.2 Å². The Hall–Kier alpha value is -0.260. The maximum Gasteiger partial charge on any atom is 0.185 e. The molecule has 1 N–H and O–H groups in total. The predicted octanol–water partition coefficient (Wildman–Crippen LogP) is 3.35. The summed E-state index contributed by atoms with van der Waals surface area (Å²) in [5.41, 5.74) is 1.33. The first kappa shape index (κ1) is 16.8. The van der Waals surface area contributed by atoms with Crippen molar-refractivity contribution in [3.63, 3.8) is 0 Å². The summed E-state index contributed by atoms with van der Waals surface area (Å²) in [4.78, 5) is 8.55. The fraction of sp³-hybridized carbons (Fsp3) is 0.786. The zero-order valence-corrected chi connectivity index (χ0v) is 14.8. The smallest absolute Gasteiger partial charge is 0.185 e. The number of rotatable bonds is 6. The molecule has 0 aliphatic rings. The van der Waals surface area contributed by atoms with E-state index >= 15 is 0 Å². The van der Waals surface area contributed by atoms with Crippen LogP contribution in [0.15, 0.2) is 0 Å². The van der Waals surface area contributed by atoms with Gasteiger partial charge in [0.25, 0.3) is 0 Å². The second-order valence-corrected chi connectivity index (χ2v) is 7.94. The molecule has 1 unspecified atom stereocenters. The fourth-order valence-electron chi connectivity index (χ4n) is 1.90. The molecule has 110 valence electrons. The molecule has 1 aromatic heterocycles. The number of anilines is 1. The molecule has 0 aliphatic heterocycles. The molecule has 0 saturated carbocycles. The van der Waals surface area contributed by atoms with Crippen molar-refractivity contribution in [1.29, 1.82) is 0 Å². The third kappa shape index (κ3) is 4.36. The number of hydrogen-bond acceptors (Lipinski definition) is 5. The van der Waals surface area contributed by atoms with Gasteiger partial charge >= 0.3 is 0 Å². The minimum Gasteiger partial charge on any atom is -0.348 e. The number of nitrogens with one attached hydrogen (secondary N) is 1. The van der Waals surface area contributed by atoms with Crippen LogP contribution in [0.4, 0.5) is 5.13 Å². The molecule has 1 aromatic rings. The average Bonchev–Trinajstić information content (AvgIpc) is 2.72. The molecule has 0 aliphatic carbocycles. The minimum absolute atomic E-state index is 0.102. The zero-order valence-electron chi connectivity index (χ0n) is 13.2. The highest BCUT2D eigenvalue weighted by Gasteiger charge is 2.24. The van der Waals surface area contributed by atoms with Crippen molar-refractivity contribution in [2.45, 2.75) is 45.7 Å². The molecule has 0 bridgehead atoms.